The lowest BCUT2D eigenvalue weighted by molar-refractivity contribution is 0.364. The van der Waals surface area contributed by atoms with Gasteiger partial charge < -0.3 is 9.84 Å². The molecule has 12 heavy (non-hydrogen) atoms. The Hall–Kier alpha value is -0.830. The molecule has 1 aromatic heterocycles. The molecule has 0 aliphatic heterocycles. The summed E-state index contributed by atoms with van der Waals surface area (Å²) >= 11 is 0. The molecule has 0 aromatic carbocycles. The van der Waals surface area contributed by atoms with Crippen LogP contribution in [0.3, 0.4) is 0 Å². The average molecular weight is 168 g/mol. The van der Waals surface area contributed by atoms with E-state index in [0.29, 0.717) is 5.92 Å². The fourth-order valence-electron chi connectivity index (χ4n) is 1.25. The zero-order chi connectivity index (χ0) is 9.14. The molecule has 0 bridgehead atoms. The number of nitrogens with one attached hydrogen (secondary N) is 1. The molecule has 0 radical (unpaired) electrons. The molecule has 0 amide bonds. The maximum atomic E-state index is 5.22. The topological polar surface area (TPSA) is 38.1 Å². The molecule has 0 aliphatic rings. The van der Waals surface area contributed by atoms with E-state index in [-0.39, 0.29) is 0 Å². The second-order valence-electron chi connectivity index (χ2n) is 3.30. The summed E-state index contributed by atoms with van der Waals surface area (Å²) < 4.78 is 5.22. The van der Waals surface area contributed by atoms with Crippen LogP contribution in [0.4, 0.5) is 0 Å². The Morgan fingerprint density at radius 2 is 2.17 bits per heavy atom. The van der Waals surface area contributed by atoms with E-state index in [9.17, 15) is 0 Å². The predicted molar refractivity (Wildman–Crippen MR) is 48.1 cm³/mol. The molecule has 0 unspecified atom stereocenters. The van der Waals surface area contributed by atoms with Gasteiger partial charge in [-0.05, 0) is 14.0 Å². The van der Waals surface area contributed by atoms with Crippen molar-refractivity contribution in [2.24, 2.45) is 0 Å². The van der Waals surface area contributed by atoms with Crippen LogP contribution in [0, 0.1) is 6.92 Å². The van der Waals surface area contributed by atoms with Crippen molar-refractivity contribution in [2.75, 3.05) is 7.05 Å². The normalized spacial score (nSPS) is 11.1. The predicted octanol–water partition coefficient (Wildman–Crippen LogP) is 1.83. The Morgan fingerprint density at radius 1 is 1.50 bits per heavy atom. The van der Waals surface area contributed by atoms with Gasteiger partial charge in [0.05, 0.1) is 0 Å². The summed E-state index contributed by atoms with van der Waals surface area (Å²) in [5, 5.41) is 7.04. The molecule has 68 valence electrons. The van der Waals surface area contributed by atoms with E-state index in [1.165, 1.54) is 5.56 Å². The molecule has 1 aromatic rings. The summed E-state index contributed by atoms with van der Waals surface area (Å²) in [6.07, 6.45) is 0. The van der Waals surface area contributed by atoms with Gasteiger partial charge in [-0.3, -0.25) is 0 Å². The lowest BCUT2D eigenvalue weighted by atomic mass is 10.1. The number of aromatic nitrogens is 1. The number of hydrogen-bond donors (Lipinski definition) is 1. The minimum absolute atomic E-state index is 0.420. The van der Waals surface area contributed by atoms with Crippen LogP contribution in [-0.4, -0.2) is 12.2 Å². The van der Waals surface area contributed by atoms with Crippen molar-refractivity contribution in [1.29, 1.82) is 0 Å². The molecular formula is C9H16N2O. The molecule has 0 atom stereocenters. The van der Waals surface area contributed by atoms with E-state index in [4.69, 9.17) is 4.52 Å². The standard InChI is InChI=1S/C9H16N2O/c1-6(2)9-7(3)8(5-10-4)11-12-9/h6,10H,5H2,1-4H3. The average Bonchev–Trinajstić information content (AvgIpc) is 2.34. The molecule has 1 heterocycles. The van der Waals surface area contributed by atoms with Crippen molar-refractivity contribution in [3.8, 4) is 0 Å². The van der Waals surface area contributed by atoms with Gasteiger partial charge in [-0.15, -0.1) is 0 Å². The third-order valence-corrected chi connectivity index (χ3v) is 1.93. The maximum Gasteiger partial charge on any atom is 0.142 e. The zero-order valence-corrected chi connectivity index (χ0v) is 8.14. The van der Waals surface area contributed by atoms with E-state index in [0.717, 1.165) is 18.0 Å². The van der Waals surface area contributed by atoms with Crippen molar-refractivity contribution in [3.05, 3.63) is 17.0 Å². The Kier molecular flexibility index (Phi) is 2.87. The van der Waals surface area contributed by atoms with Gasteiger partial charge in [0.25, 0.3) is 0 Å². The summed E-state index contributed by atoms with van der Waals surface area (Å²) in [6.45, 7) is 7.05. The van der Waals surface area contributed by atoms with Gasteiger partial charge in [-0.25, -0.2) is 0 Å². The summed E-state index contributed by atoms with van der Waals surface area (Å²) in [4.78, 5) is 0. The summed E-state index contributed by atoms with van der Waals surface area (Å²) in [5.41, 5.74) is 2.19. The first-order valence-electron chi connectivity index (χ1n) is 4.26. The van der Waals surface area contributed by atoms with E-state index in [2.05, 4.69) is 31.2 Å². The molecule has 1 N–H and O–H groups in total. The monoisotopic (exact) mass is 168 g/mol. The van der Waals surface area contributed by atoms with Crippen LogP contribution in [0.1, 0.15) is 36.8 Å². The second kappa shape index (κ2) is 3.72. The Balaban J connectivity index is 2.88. The lowest BCUT2D eigenvalue weighted by Crippen LogP contribution is -2.06. The lowest BCUT2D eigenvalue weighted by Gasteiger charge is -1.99. The van der Waals surface area contributed by atoms with Crippen LogP contribution in [0.15, 0.2) is 4.52 Å². The van der Waals surface area contributed by atoms with E-state index in [1.54, 1.807) is 0 Å². The van der Waals surface area contributed by atoms with Crippen molar-refractivity contribution in [3.63, 3.8) is 0 Å². The van der Waals surface area contributed by atoms with Crippen LogP contribution >= 0.6 is 0 Å². The molecule has 0 aliphatic carbocycles. The smallest absolute Gasteiger partial charge is 0.142 e. The highest BCUT2D eigenvalue weighted by Crippen LogP contribution is 2.21. The first-order chi connectivity index (χ1) is 5.66. The fourth-order valence-corrected chi connectivity index (χ4v) is 1.25. The van der Waals surface area contributed by atoms with Crippen LogP contribution < -0.4 is 5.32 Å². The van der Waals surface area contributed by atoms with E-state index < -0.39 is 0 Å². The fraction of sp³-hybridized carbons (Fsp3) is 0.667. The first kappa shape index (κ1) is 9.26. The first-order valence-corrected chi connectivity index (χ1v) is 4.26. The minimum atomic E-state index is 0.420. The van der Waals surface area contributed by atoms with E-state index >= 15 is 0 Å². The highest BCUT2D eigenvalue weighted by Gasteiger charge is 2.13. The molecule has 3 nitrogen and oxygen atoms in total. The van der Waals surface area contributed by atoms with Crippen molar-refractivity contribution in [1.82, 2.24) is 10.5 Å². The van der Waals surface area contributed by atoms with Gasteiger partial charge in [0.2, 0.25) is 0 Å². The SMILES string of the molecule is CNCc1noc(C(C)C)c1C. The molecule has 1 rings (SSSR count). The second-order valence-corrected chi connectivity index (χ2v) is 3.30. The molecule has 0 fully saturated rings. The molecule has 0 saturated carbocycles. The van der Waals surface area contributed by atoms with Crippen LogP contribution in [0.5, 0.6) is 0 Å². The van der Waals surface area contributed by atoms with Gasteiger partial charge in [-0.2, -0.15) is 0 Å². The Bertz CT molecular complexity index is 253. The quantitative estimate of drug-likeness (QED) is 0.748. The maximum absolute atomic E-state index is 5.22. The highest BCUT2D eigenvalue weighted by molar-refractivity contribution is 5.23. The van der Waals surface area contributed by atoms with Crippen molar-refractivity contribution < 1.29 is 4.52 Å². The zero-order valence-electron chi connectivity index (χ0n) is 8.14. The summed E-state index contributed by atoms with van der Waals surface area (Å²) in [6, 6.07) is 0. The Labute approximate surface area is 73.1 Å². The van der Waals surface area contributed by atoms with Gasteiger partial charge >= 0.3 is 0 Å². The third-order valence-electron chi connectivity index (χ3n) is 1.93. The van der Waals surface area contributed by atoms with Crippen molar-refractivity contribution >= 4 is 0 Å². The Morgan fingerprint density at radius 3 is 2.58 bits per heavy atom. The largest absolute Gasteiger partial charge is 0.361 e. The molecular weight excluding hydrogens is 152 g/mol. The highest BCUT2D eigenvalue weighted by atomic mass is 16.5. The van der Waals surface area contributed by atoms with Crippen LogP contribution in [-0.2, 0) is 6.54 Å². The molecule has 0 saturated heterocycles. The number of nitrogens with zero attached hydrogens (tertiary/aromatic N) is 1. The minimum Gasteiger partial charge on any atom is -0.361 e. The van der Waals surface area contributed by atoms with Gasteiger partial charge in [-0.1, -0.05) is 19.0 Å². The molecule has 0 spiro atoms. The summed E-state index contributed by atoms with van der Waals surface area (Å²) in [5.74, 6) is 1.42. The van der Waals surface area contributed by atoms with E-state index in [1.807, 2.05) is 7.05 Å². The van der Waals surface area contributed by atoms with Crippen LogP contribution in [0.2, 0.25) is 0 Å². The van der Waals surface area contributed by atoms with Gasteiger partial charge in [0.15, 0.2) is 0 Å². The van der Waals surface area contributed by atoms with Gasteiger partial charge in [0.1, 0.15) is 11.5 Å². The van der Waals surface area contributed by atoms with Gasteiger partial charge in [0, 0.05) is 18.0 Å². The number of rotatable bonds is 3. The number of hydrogen-bond acceptors (Lipinski definition) is 3. The summed E-state index contributed by atoms with van der Waals surface area (Å²) in [7, 11) is 1.91. The van der Waals surface area contributed by atoms with Crippen LogP contribution in [0.25, 0.3) is 0 Å². The molecule has 3 heteroatoms. The van der Waals surface area contributed by atoms with Crippen molar-refractivity contribution in [2.45, 2.75) is 33.2 Å². The third kappa shape index (κ3) is 1.67.